The molecule has 0 radical (unpaired) electrons. The minimum Gasteiger partial charge on any atom is -0.313 e. The first-order valence-corrected chi connectivity index (χ1v) is 8.33. The number of nitrogens with zero attached hydrogens (tertiary/aromatic N) is 1. The standard InChI is InChI=1S/C16H24BrFN2/c1-3-20(11-14-6-4-5-9-19-14)12(2)15-10-13(17)7-8-16(15)18/h7-8,10,12,14,19H,3-6,9,11H2,1-2H3. The maximum Gasteiger partial charge on any atom is 0.128 e. The van der Waals surface area contributed by atoms with Gasteiger partial charge in [0.1, 0.15) is 5.82 Å². The summed E-state index contributed by atoms with van der Waals surface area (Å²) >= 11 is 3.44. The van der Waals surface area contributed by atoms with Gasteiger partial charge < -0.3 is 5.32 Å². The summed E-state index contributed by atoms with van der Waals surface area (Å²) in [6.07, 6.45) is 3.80. The van der Waals surface area contributed by atoms with Gasteiger partial charge in [0.2, 0.25) is 0 Å². The summed E-state index contributed by atoms with van der Waals surface area (Å²) in [6, 6.07) is 5.84. The average Bonchev–Trinajstić information content (AvgIpc) is 2.47. The average molecular weight is 343 g/mol. The zero-order valence-corrected chi connectivity index (χ0v) is 13.9. The molecule has 1 aliphatic heterocycles. The molecule has 1 saturated heterocycles. The summed E-state index contributed by atoms with van der Waals surface area (Å²) < 4.78 is 15.0. The second-order valence-electron chi connectivity index (χ2n) is 5.58. The normalized spacial score (nSPS) is 21.1. The molecule has 0 saturated carbocycles. The lowest BCUT2D eigenvalue weighted by molar-refractivity contribution is 0.181. The highest BCUT2D eigenvalue weighted by Crippen LogP contribution is 2.26. The van der Waals surface area contributed by atoms with Gasteiger partial charge in [-0.25, -0.2) is 4.39 Å². The van der Waals surface area contributed by atoms with E-state index in [-0.39, 0.29) is 11.9 Å². The molecule has 1 aliphatic rings. The molecule has 1 N–H and O–H groups in total. The zero-order valence-electron chi connectivity index (χ0n) is 12.3. The van der Waals surface area contributed by atoms with Crippen LogP contribution < -0.4 is 5.32 Å². The molecule has 0 bridgehead atoms. The Hall–Kier alpha value is -0.450. The number of halogens is 2. The quantitative estimate of drug-likeness (QED) is 0.865. The van der Waals surface area contributed by atoms with Crippen LogP contribution >= 0.6 is 15.9 Å². The van der Waals surface area contributed by atoms with Gasteiger partial charge in [-0.2, -0.15) is 0 Å². The molecular weight excluding hydrogens is 319 g/mol. The number of nitrogens with one attached hydrogen (secondary N) is 1. The molecule has 2 rings (SSSR count). The monoisotopic (exact) mass is 342 g/mol. The molecule has 0 aliphatic carbocycles. The molecule has 4 heteroatoms. The van der Waals surface area contributed by atoms with Crippen LogP contribution in [0.3, 0.4) is 0 Å². The smallest absolute Gasteiger partial charge is 0.128 e. The first kappa shape index (κ1) is 15.9. The van der Waals surface area contributed by atoms with Gasteiger partial charge in [0.25, 0.3) is 0 Å². The van der Waals surface area contributed by atoms with E-state index in [0.717, 1.165) is 29.7 Å². The van der Waals surface area contributed by atoms with Crippen molar-refractivity contribution in [1.82, 2.24) is 10.2 Å². The van der Waals surface area contributed by atoms with Gasteiger partial charge in [-0.1, -0.05) is 29.3 Å². The van der Waals surface area contributed by atoms with Crippen LogP contribution in [0.15, 0.2) is 22.7 Å². The van der Waals surface area contributed by atoms with E-state index in [1.807, 2.05) is 6.07 Å². The van der Waals surface area contributed by atoms with E-state index in [9.17, 15) is 4.39 Å². The fraction of sp³-hybridized carbons (Fsp3) is 0.625. The van der Waals surface area contributed by atoms with E-state index in [0.29, 0.717) is 6.04 Å². The number of piperidine rings is 1. The third-order valence-corrected chi connectivity index (χ3v) is 4.72. The molecular formula is C16H24BrFN2. The van der Waals surface area contributed by atoms with Gasteiger partial charge in [-0.15, -0.1) is 0 Å². The predicted octanol–water partition coefficient (Wildman–Crippen LogP) is 4.11. The number of hydrogen-bond acceptors (Lipinski definition) is 2. The van der Waals surface area contributed by atoms with Crippen molar-refractivity contribution in [2.75, 3.05) is 19.6 Å². The van der Waals surface area contributed by atoms with Crippen LogP contribution in [0.1, 0.15) is 44.7 Å². The summed E-state index contributed by atoms with van der Waals surface area (Å²) in [5, 5.41) is 3.57. The van der Waals surface area contributed by atoms with Gasteiger partial charge in [-0.05, 0) is 51.1 Å². The number of benzene rings is 1. The van der Waals surface area contributed by atoms with Crippen LogP contribution in [-0.2, 0) is 0 Å². The Labute approximate surface area is 129 Å². The van der Waals surface area contributed by atoms with E-state index in [1.165, 1.54) is 19.3 Å². The van der Waals surface area contributed by atoms with Gasteiger partial charge >= 0.3 is 0 Å². The van der Waals surface area contributed by atoms with Crippen molar-refractivity contribution in [2.24, 2.45) is 0 Å². The Morgan fingerprint density at radius 2 is 2.25 bits per heavy atom. The summed E-state index contributed by atoms with van der Waals surface area (Å²) in [5.74, 6) is -0.115. The topological polar surface area (TPSA) is 15.3 Å². The number of hydrogen-bond donors (Lipinski definition) is 1. The fourth-order valence-electron chi connectivity index (χ4n) is 2.96. The molecule has 1 fully saturated rings. The summed E-state index contributed by atoms with van der Waals surface area (Å²) in [6.45, 7) is 7.28. The lowest BCUT2D eigenvalue weighted by Gasteiger charge is -2.34. The molecule has 2 unspecified atom stereocenters. The highest BCUT2D eigenvalue weighted by Gasteiger charge is 2.22. The maximum atomic E-state index is 14.0. The van der Waals surface area contributed by atoms with Gasteiger partial charge in [0.05, 0.1) is 0 Å². The maximum absolute atomic E-state index is 14.0. The van der Waals surface area contributed by atoms with E-state index >= 15 is 0 Å². The minimum atomic E-state index is -0.115. The van der Waals surface area contributed by atoms with Crippen LogP contribution in [0.25, 0.3) is 0 Å². The SMILES string of the molecule is CCN(CC1CCCCN1)C(C)c1cc(Br)ccc1F. The Bertz CT molecular complexity index is 432. The molecule has 1 heterocycles. The van der Waals surface area contributed by atoms with Crippen molar-refractivity contribution < 1.29 is 4.39 Å². The highest BCUT2D eigenvalue weighted by molar-refractivity contribution is 9.10. The first-order valence-electron chi connectivity index (χ1n) is 7.54. The molecule has 0 amide bonds. The second kappa shape index (κ2) is 7.53. The number of likely N-dealkylation sites (N-methyl/N-ethyl adjacent to an activating group) is 1. The van der Waals surface area contributed by atoms with Crippen LogP contribution in [0.2, 0.25) is 0 Å². The Morgan fingerprint density at radius 3 is 2.90 bits per heavy atom. The van der Waals surface area contributed by atoms with E-state index in [4.69, 9.17) is 0 Å². The van der Waals surface area contributed by atoms with Crippen LogP contribution in [0.5, 0.6) is 0 Å². The van der Waals surface area contributed by atoms with Crippen molar-refractivity contribution in [1.29, 1.82) is 0 Å². The molecule has 2 nitrogen and oxygen atoms in total. The molecule has 0 aromatic heterocycles. The lowest BCUT2D eigenvalue weighted by Crippen LogP contribution is -2.44. The minimum absolute atomic E-state index is 0.0984. The Balaban J connectivity index is 2.07. The first-order chi connectivity index (χ1) is 9.61. The molecule has 0 spiro atoms. The van der Waals surface area contributed by atoms with Crippen LogP contribution in [0, 0.1) is 5.82 Å². The summed E-state index contributed by atoms with van der Waals surface area (Å²) in [5.41, 5.74) is 0.775. The van der Waals surface area contributed by atoms with Crippen LogP contribution in [-0.4, -0.2) is 30.6 Å². The fourth-order valence-corrected chi connectivity index (χ4v) is 3.33. The van der Waals surface area contributed by atoms with Gasteiger partial charge in [-0.3, -0.25) is 4.90 Å². The Morgan fingerprint density at radius 1 is 1.45 bits per heavy atom. The van der Waals surface area contributed by atoms with E-state index in [1.54, 1.807) is 12.1 Å². The second-order valence-corrected chi connectivity index (χ2v) is 6.49. The van der Waals surface area contributed by atoms with E-state index < -0.39 is 0 Å². The predicted molar refractivity (Wildman–Crippen MR) is 85.4 cm³/mol. The van der Waals surface area contributed by atoms with Crippen molar-refractivity contribution in [2.45, 2.75) is 45.2 Å². The summed E-state index contributed by atoms with van der Waals surface area (Å²) in [7, 11) is 0. The summed E-state index contributed by atoms with van der Waals surface area (Å²) in [4.78, 5) is 2.36. The van der Waals surface area contributed by atoms with Crippen molar-refractivity contribution in [3.8, 4) is 0 Å². The van der Waals surface area contributed by atoms with Gasteiger partial charge in [0, 0.05) is 28.7 Å². The number of rotatable bonds is 5. The lowest BCUT2D eigenvalue weighted by atomic mass is 10.0. The molecule has 2 atom stereocenters. The van der Waals surface area contributed by atoms with Gasteiger partial charge in [0.15, 0.2) is 0 Å². The van der Waals surface area contributed by atoms with Crippen LogP contribution in [0.4, 0.5) is 4.39 Å². The zero-order chi connectivity index (χ0) is 14.5. The highest BCUT2D eigenvalue weighted by atomic mass is 79.9. The molecule has 20 heavy (non-hydrogen) atoms. The molecule has 112 valence electrons. The van der Waals surface area contributed by atoms with Crippen molar-refractivity contribution >= 4 is 15.9 Å². The van der Waals surface area contributed by atoms with E-state index in [2.05, 4.69) is 40.0 Å². The van der Waals surface area contributed by atoms with Crippen molar-refractivity contribution in [3.05, 3.63) is 34.1 Å². The van der Waals surface area contributed by atoms with Crippen molar-refractivity contribution in [3.63, 3.8) is 0 Å². The molecule has 1 aromatic carbocycles. The third-order valence-electron chi connectivity index (χ3n) is 4.23. The largest absolute Gasteiger partial charge is 0.313 e. The third kappa shape index (κ3) is 4.03. The molecule has 1 aromatic rings. The Kier molecular flexibility index (Phi) is 6.00.